The number of ether oxygens (including phenoxy) is 1. The van der Waals surface area contributed by atoms with Crippen LogP contribution in [0.2, 0.25) is 0 Å². The molecule has 2 unspecified atom stereocenters. The van der Waals surface area contributed by atoms with Gasteiger partial charge in [-0.15, -0.1) is 0 Å². The van der Waals surface area contributed by atoms with E-state index in [4.69, 9.17) is 13.1 Å². The van der Waals surface area contributed by atoms with Gasteiger partial charge < -0.3 is 9.64 Å². The minimum atomic E-state index is -3.53. The monoisotopic (exact) mass is 415 g/mol. The molecule has 0 aromatic carbocycles. The van der Waals surface area contributed by atoms with Crippen molar-refractivity contribution in [3.05, 3.63) is 0 Å². The summed E-state index contributed by atoms with van der Waals surface area (Å²) < 4.78 is 59.4. The molecule has 9 nitrogen and oxygen atoms in total. The van der Waals surface area contributed by atoms with Crippen LogP contribution in [0.4, 0.5) is 4.79 Å². The van der Waals surface area contributed by atoms with Gasteiger partial charge >= 0.3 is 6.09 Å². The molecular weight excluding hydrogens is 386 g/mol. The normalized spacial score (nSPS) is 21.8. The topological polar surface area (TPSA) is 116 Å². The summed E-state index contributed by atoms with van der Waals surface area (Å²) in [5.74, 6) is -0.0696. The fourth-order valence-corrected chi connectivity index (χ4v) is 3.57. The first-order chi connectivity index (χ1) is 11.7. The van der Waals surface area contributed by atoms with Gasteiger partial charge in [-0.2, -0.15) is 16.8 Å². The van der Waals surface area contributed by atoms with E-state index < -0.39 is 31.9 Å². The van der Waals surface area contributed by atoms with E-state index in [2.05, 4.69) is 0 Å². The molecule has 0 radical (unpaired) electrons. The van der Waals surface area contributed by atoms with Crippen LogP contribution in [0, 0.1) is 11.8 Å². The Kier molecular flexibility index (Phi) is 7.88. The zero-order valence-electron chi connectivity index (χ0n) is 15.9. The van der Waals surface area contributed by atoms with E-state index >= 15 is 0 Å². The molecule has 1 fully saturated rings. The maximum absolute atomic E-state index is 12.3. The molecule has 1 aliphatic heterocycles. The van der Waals surface area contributed by atoms with Crippen molar-refractivity contribution in [3.63, 3.8) is 0 Å². The van der Waals surface area contributed by atoms with Crippen LogP contribution in [0.25, 0.3) is 0 Å². The van der Waals surface area contributed by atoms with Crippen molar-refractivity contribution in [2.75, 3.05) is 38.8 Å². The van der Waals surface area contributed by atoms with E-state index in [1.807, 2.05) is 0 Å². The molecule has 11 heteroatoms. The first kappa shape index (κ1) is 23.1. The van der Waals surface area contributed by atoms with Crippen molar-refractivity contribution >= 4 is 26.3 Å². The van der Waals surface area contributed by atoms with E-state index in [1.54, 1.807) is 25.7 Å². The number of amides is 1. The standard InChI is InChI=1S/C15H29NO8S2/c1-15(2,3)24-14(17)16-10-12(6-8-22-25(4,18)19)13(11-16)7-9-23-26(5,20)21/h12-13H,6-11H2,1-5H3. The van der Waals surface area contributed by atoms with Gasteiger partial charge in [0.2, 0.25) is 0 Å². The average Bonchev–Trinajstić information content (AvgIpc) is 2.77. The van der Waals surface area contributed by atoms with Crippen molar-refractivity contribution in [2.24, 2.45) is 11.8 Å². The Morgan fingerprint density at radius 1 is 0.923 bits per heavy atom. The quantitative estimate of drug-likeness (QED) is 0.543. The van der Waals surface area contributed by atoms with Gasteiger partial charge in [-0.25, -0.2) is 4.79 Å². The Bertz CT molecular complexity index is 635. The predicted octanol–water partition coefficient (Wildman–Crippen LogP) is 1.20. The molecule has 1 aliphatic rings. The van der Waals surface area contributed by atoms with Gasteiger partial charge in [0.25, 0.3) is 20.2 Å². The highest BCUT2D eigenvalue weighted by atomic mass is 32.2. The SMILES string of the molecule is CC(C)(C)OC(=O)N1CC(CCOS(C)(=O)=O)C(CCOS(C)(=O)=O)C1. The van der Waals surface area contributed by atoms with Crippen LogP contribution in [0.1, 0.15) is 33.6 Å². The smallest absolute Gasteiger partial charge is 0.410 e. The Hall–Kier alpha value is -0.910. The Balaban J connectivity index is 2.69. The van der Waals surface area contributed by atoms with Gasteiger partial charge in [-0.1, -0.05) is 0 Å². The minimum absolute atomic E-state index is 0.00902. The van der Waals surface area contributed by atoms with Crippen LogP contribution >= 0.6 is 0 Å². The molecule has 0 aromatic rings. The fourth-order valence-electron chi connectivity index (χ4n) is 2.77. The number of carbonyl (C=O) groups is 1. The summed E-state index contributed by atoms with van der Waals surface area (Å²) in [5.41, 5.74) is -0.622. The summed E-state index contributed by atoms with van der Waals surface area (Å²) in [4.78, 5) is 13.8. The van der Waals surface area contributed by atoms with Crippen LogP contribution in [-0.4, -0.2) is 72.2 Å². The van der Waals surface area contributed by atoms with E-state index in [-0.39, 0.29) is 25.0 Å². The molecule has 1 saturated heterocycles. The average molecular weight is 416 g/mol. The molecular formula is C15H29NO8S2. The lowest BCUT2D eigenvalue weighted by Gasteiger charge is -2.24. The second-order valence-electron chi connectivity index (χ2n) is 7.54. The maximum atomic E-state index is 12.3. The second kappa shape index (κ2) is 8.85. The van der Waals surface area contributed by atoms with Gasteiger partial charge in [0.1, 0.15) is 5.60 Å². The summed E-state index contributed by atoms with van der Waals surface area (Å²) >= 11 is 0. The third-order valence-electron chi connectivity index (χ3n) is 3.80. The Morgan fingerprint density at radius 2 is 1.31 bits per heavy atom. The number of carbonyl (C=O) groups excluding carboxylic acids is 1. The highest BCUT2D eigenvalue weighted by Crippen LogP contribution is 2.30. The molecule has 26 heavy (non-hydrogen) atoms. The summed E-state index contributed by atoms with van der Waals surface area (Å²) in [6, 6.07) is 0. The van der Waals surface area contributed by atoms with Gasteiger partial charge in [-0.3, -0.25) is 8.37 Å². The largest absolute Gasteiger partial charge is 0.444 e. The van der Waals surface area contributed by atoms with Crippen LogP contribution in [-0.2, 0) is 33.3 Å². The third-order valence-corrected chi connectivity index (χ3v) is 4.99. The molecule has 0 saturated carbocycles. The van der Waals surface area contributed by atoms with Crippen LogP contribution in [0.3, 0.4) is 0 Å². The Morgan fingerprint density at radius 3 is 1.62 bits per heavy atom. The van der Waals surface area contributed by atoms with Gasteiger partial charge in [0, 0.05) is 13.1 Å². The summed E-state index contributed by atoms with van der Waals surface area (Å²) in [5, 5.41) is 0. The summed E-state index contributed by atoms with van der Waals surface area (Å²) in [6.07, 6.45) is 2.36. The van der Waals surface area contributed by atoms with Crippen molar-refractivity contribution in [3.8, 4) is 0 Å². The second-order valence-corrected chi connectivity index (χ2v) is 10.8. The van der Waals surface area contributed by atoms with Crippen molar-refractivity contribution < 1.29 is 34.7 Å². The zero-order valence-corrected chi connectivity index (χ0v) is 17.6. The molecule has 0 spiro atoms. The summed E-state index contributed by atoms with van der Waals surface area (Å²) in [7, 11) is -7.07. The number of likely N-dealkylation sites (tertiary alicyclic amines) is 1. The van der Waals surface area contributed by atoms with Crippen molar-refractivity contribution in [1.82, 2.24) is 4.90 Å². The van der Waals surface area contributed by atoms with Crippen LogP contribution < -0.4 is 0 Å². The van der Waals surface area contributed by atoms with Gasteiger partial charge in [0.05, 0.1) is 25.7 Å². The fraction of sp³-hybridized carbons (Fsp3) is 0.933. The van der Waals surface area contributed by atoms with Crippen LogP contribution in [0.15, 0.2) is 0 Å². The maximum Gasteiger partial charge on any atom is 0.410 e. The number of hydrogen-bond donors (Lipinski definition) is 0. The molecule has 1 heterocycles. The molecule has 1 rings (SSSR count). The van der Waals surface area contributed by atoms with Crippen molar-refractivity contribution in [1.29, 1.82) is 0 Å². The molecule has 1 amide bonds. The Labute approximate surface area is 156 Å². The molecule has 0 aliphatic carbocycles. The highest BCUT2D eigenvalue weighted by Gasteiger charge is 2.36. The number of rotatable bonds is 8. The number of nitrogens with zero attached hydrogens (tertiary/aromatic N) is 1. The lowest BCUT2D eigenvalue weighted by Crippen LogP contribution is -2.35. The van der Waals surface area contributed by atoms with Gasteiger partial charge in [0.15, 0.2) is 0 Å². The zero-order chi connectivity index (χ0) is 20.2. The lowest BCUT2D eigenvalue weighted by atomic mass is 9.91. The van der Waals surface area contributed by atoms with E-state index in [9.17, 15) is 21.6 Å². The first-order valence-electron chi connectivity index (χ1n) is 8.33. The predicted molar refractivity (Wildman–Crippen MR) is 95.6 cm³/mol. The lowest BCUT2D eigenvalue weighted by molar-refractivity contribution is 0.0281. The third kappa shape index (κ3) is 9.70. The van der Waals surface area contributed by atoms with E-state index in [0.717, 1.165) is 12.5 Å². The molecule has 0 aromatic heterocycles. The minimum Gasteiger partial charge on any atom is -0.444 e. The van der Waals surface area contributed by atoms with E-state index in [0.29, 0.717) is 25.9 Å². The molecule has 154 valence electrons. The van der Waals surface area contributed by atoms with Crippen molar-refractivity contribution in [2.45, 2.75) is 39.2 Å². The molecule has 0 N–H and O–H groups in total. The first-order valence-corrected chi connectivity index (χ1v) is 12.0. The molecule has 2 atom stereocenters. The van der Waals surface area contributed by atoms with E-state index in [1.165, 1.54) is 0 Å². The summed E-state index contributed by atoms with van der Waals surface area (Å²) in [6.45, 7) is 6.13. The number of hydrogen-bond acceptors (Lipinski definition) is 8. The molecule has 0 bridgehead atoms. The highest BCUT2D eigenvalue weighted by molar-refractivity contribution is 7.86. The van der Waals surface area contributed by atoms with Crippen LogP contribution in [0.5, 0.6) is 0 Å². The van der Waals surface area contributed by atoms with Gasteiger partial charge in [-0.05, 0) is 45.4 Å².